The summed E-state index contributed by atoms with van der Waals surface area (Å²) < 4.78 is 50.5. The number of morpholine rings is 1. The van der Waals surface area contributed by atoms with Gasteiger partial charge < -0.3 is 19.7 Å². The van der Waals surface area contributed by atoms with E-state index in [1.54, 1.807) is 19.1 Å². The number of anilines is 2. The van der Waals surface area contributed by atoms with E-state index in [0.29, 0.717) is 37.7 Å². The Balaban J connectivity index is 1.80. The molecule has 0 bridgehead atoms. The van der Waals surface area contributed by atoms with Gasteiger partial charge >= 0.3 is 6.18 Å². The molecule has 0 radical (unpaired) electrons. The lowest BCUT2D eigenvalue weighted by molar-refractivity contribution is -0.137. The third kappa shape index (κ3) is 5.41. The van der Waals surface area contributed by atoms with Crippen molar-refractivity contribution in [3.05, 3.63) is 53.6 Å². The molecule has 8 heteroatoms. The molecule has 1 heterocycles. The predicted molar refractivity (Wildman–Crippen MR) is 104 cm³/mol. The third-order valence-corrected chi connectivity index (χ3v) is 4.64. The van der Waals surface area contributed by atoms with Crippen LogP contribution in [0.2, 0.25) is 0 Å². The first-order valence-electron chi connectivity index (χ1n) is 9.32. The van der Waals surface area contributed by atoms with Crippen molar-refractivity contribution in [1.82, 2.24) is 0 Å². The van der Waals surface area contributed by atoms with Crippen molar-refractivity contribution in [3.63, 3.8) is 0 Å². The van der Waals surface area contributed by atoms with Gasteiger partial charge in [0.05, 0.1) is 30.2 Å². The van der Waals surface area contributed by atoms with Crippen LogP contribution < -0.4 is 15.0 Å². The molecule has 5 nitrogen and oxygen atoms in total. The maximum absolute atomic E-state index is 13.2. The highest BCUT2D eigenvalue weighted by molar-refractivity contribution is 5.97. The topological polar surface area (TPSA) is 50.8 Å². The van der Waals surface area contributed by atoms with Gasteiger partial charge in [0.15, 0.2) is 6.10 Å². The van der Waals surface area contributed by atoms with E-state index in [1.807, 2.05) is 24.0 Å². The van der Waals surface area contributed by atoms with Crippen LogP contribution in [0.25, 0.3) is 0 Å². The molecule has 3 rings (SSSR count). The molecule has 1 saturated heterocycles. The number of rotatable bonds is 5. The summed E-state index contributed by atoms with van der Waals surface area (Å²) in [5.41, 5.74) is 0.855. The molecule has 1 amide bonds. The number of aryl methyl sites for hydroxylation is 1. The van der Waals surface area contributed by atoms with Crippen molar-refractivity contribution in [1.29, 1.82) is 0 Å². The van der Waals surface area contributed by atoms with E-state index in [2.05, 4.69) is 5.32 Å². The molecule has 0 aliphatic carbocycles. The Morgan fingerprint density at radius 1 is 1.14 bits per heavy atom. The van der Waals surface area contributed by atoms with Crippen LogP contribution in [0.15, 0.2) is 42.5 Å². The zero-order chi connectivity index (χ0) is 21.0. The largest absolute Gasteiger partial charge is 0.481 e. The molecule has 0 spiro atoms. The lowest BCUT2D eigenvalue weighted by Gasteiger charge is -2.31. The van der Waals surface area contributed by atoms with Gasteiger partial charge in [0.2, 0.25) is 0 Å². The quantitative estimate of drug-likeness (QED) is 0.804. The molecule has 0 unspecified atom stereocenters. The number of benzene rings is 2. The minimum atomic E-state index is -4.51. The van der Waals surface area contributed by atoms with Crippen molar-refractivity contribution in [2.24, 2.45) is 0 Å². The SMILES string of the molecule is Cc1ccc(O[C@@H](C)C(=O)Nc2cc(C(F)(F)F)ccc2N2CCOCC2)cc1. The van der Waals surface area contributed by atoms with Gasteiger partial charge in [-0.2, -0.15) is 13.2 Å². The van der Waals surface area contributed by atoms with Crippen molar-refractivity contribution in [3.8, 4) is 5.75 Å². The van der Waals surface area contributed by atoms with Crippen LogP contribution in [0, 0.1) is 6.92 Å². The van der Waals surface area contributed by atoms with Crippen molar-refractivity contribution < 1.29 is 27.4 Å². The van der Waals surface area contributed by atoms with E-state index in [9.17, 15) is 18.0 Å². The van der Waals surface area contributed by atoms with Gasteiger partial charge in [0.25, 0.3) is 5.91 Å². The molecule has 2 aromatic carbocycles. The van der Waals surface area contributed by atoms with Gasteiger partial charge in [-0.3, -0.25) is 4.79 Å². The number of ether oxygens (including phenoxy) is 2. The maximum atomic E-state index is 13.2. The minimum absolute atomic E-state index is 0.103. The molecule has 156 valence electrons. The Kier molecular flexibility index (Phi) is 6.32. The first-order valence-corrected chi connectivity index (χ1v) is 9.32. The van der Waals surface area contributed by atoms with E-state index in [0.717, 1.165) is 17.7 Å². The van der Waals surface area contributed by atoms with Crippen LogP contribution in [0.5, 0.6) is 5.75 Å². The summed E-state index contributed by atoms with van der Waals surface area (Å²) in [4.78, 5) is 14.5. The Labute approximate surface area is 167 Å². The predicted octanol–water partition coefficient (Wildman–Crippen LogP) is 4.26. The molecule has 1 N–H and O–H groups in total. The highest BCUT2D eigenvalue weighted by Crippen LogP contribution is 2.36. The van der Waals surface area contributed by atoms with Gasteiger partial charge in [-0.25, -0.2) is 0 Å². The Hall–Kier alpha value is -2.74. The Morgan fingerprint density at radius 3 is 2.41 bits per heavy atom. The van der Waals surface area contributed by atoms with Crippen molar-refractivity contribution in [2.45, 2.75) is 26.1 Å². The second kappa shape index (κ2) is 8.73. The van der Waals surface area contributed by atoms with Crippen molar-refractivity contribution >= 4 is 17.3 Å². The van der Waals surface area contributed by atoms with E-state index >= 15 is 0 Å². The summed E-state index contributed by atoms with van der Waals surface area (Å²) in [6, 6.07) is 10.5. The number of halogens is 3. The summed E-state index contributed by atoms with van der Waals surface area (Å²) in [5.74, 6) is -0.0184. The highest BCUT2D eigenvalue weighted by atomic mass is 19.4. The van der Waals surface area contributed by atoms with Gasteiger partial charge in [-0.1, -0.05) is 17.7 Å². The number of hydrogen-bond acceptors (Lipinski definition) is 4. The zero-order valence-corrected chi connectivity index (χ0v) is 16.3. The summed E-state index contributed by atoms with van der Waals surface area (Å²) in [6.45, 7) is 5.49. The lowest BCUT2D eigenvalue weighted by atomic mass is 10.1. The monoisotopic (exact) mass is 408 g/mol. The minimum Gasteiger partial charge on any atom is -0.481 e. The smallest absolute Gasteiger partial charge is 0.416 e. The van der Waals surface area contributed by atoms with Gasteiger partial charge in [0.1, 0.15) is 5.75 Å². The van der Waals surface area contributed by atoms with Crippen LogP contribution in [-0.2, 0) is 15.7 Å². The molecule has 1 fully saturated rings. The summed E-state index contributed by atoms with van der Waals surface area (Å²) in [5, 5.41) is 2.61. The Morgan fingerprint density at radius 2 is 1.79 bits per heavy atom. The number of amides is 1. The molecule has 1 aliphatic heterocycles. The summed E-state index contributed by atoms with van der Waals surface area (Å²) >= 11 is 0. The van der Waals surface area contributed by atoms with E-state index in [-0.39, 0.29) is 5.69 Å². The number of alkyl halides is 3. The lowest BCUT2D eigenvalue weighted by Crippen LogP contribution is -2.37. The van der Waals surface area contributed by atoms with Crippen LogP contribution in [0.4, 0.5) is 24.5 Å². The zero-order valence-electron chi connectivity index (χ0n) is 16.3. The average Bonchev–Trinajstić information content (AvgIpc) is 2.69. The van der Waals surface area contributed by atoms with Gasteiger partial charge in [0, 0.05) is 13.1 Å². The maximum Gasteiger partial charge on any atom is 0.416 e. The van der Waals surface area contributed by atoms with Crippen LogP contribution in [0.3, 0.4) is 0 Å². The highest BCUT2D eigenvalue weighted by Gasteiger charge is 2.32. The molecule has 2 aromatic rings. The molecule has 0 aromatic heterocycles. The van der Waals surface area contributed by atoms with Crippen LogP contribution in [-0.4, -0.2) is 38.3 Å². The number of carbonyl (C=O) groups excluding carboxylic acids is 1. The van der Waals surface area contributed by atoms with Crippen LogP contribution in [0.1, 0.15) is 18.1 Å². The van der Waals surface area contributed by atoms with Crippen LogP contribution >= 0.6 is 0 Å². The standard InChI is InChI=1S/C21H23F3N2O3/c1-14-3-6-17(7-4-14)29-15(2)20(27)25-18-13-16(21(22,23)24)5-8-19(18)26-9-11-28-12-10-26/h3-8,13,15H,9-12H2,1-2H3,(H,25,27)/t15-/m0/s1. The molecule has 29 heavy (non-hydrogen) atoms. The summed E-state index contributed by atoms with van der Waals surface area (Å²) in [7, 11) is 0. The first-order chi connectivity index (χ1) is 13.7. The number of nitrogens with zero attached hydrogens (tertiary/aromatic N) is 1. The van der Waals surface area contributed by atoms with Gasteiger partial charge in [-0.15, -0.1) is 0 Å². The van der Waals surface area contributed by atoms with Gasteiger partial charge in [-0.05, 0) is 44.2 Å². The second-order valence-electron chi connectivity index (χ2n) is 6.89. The number of hydrogen-bond donors (Lipinski definition) is 1. The molecule has 1 aliphatic rings. The second-order valence-corrected chi connectivity index (χ2v) is 6.89. The molecule has 0 saturated carbocycles. The third-order valence-electron chi connectivity index (χ3n) is 4.64. The summed E-state index contributed by atoms with van der Waals surface area (Å²) in [6.07, 6.45) is -5.39. The number of carbonyl (C=O) groups is 1. The normalized spacial score (nSPS) is 15.7. The number of nitrogens with one attached hydrogen (secondary N) is 1. The first kappa shape index (κ1) is 21.0. The Bertz CT molecular complexity index is 847. The molecular weight excluding hydrogens is 385 g/mol. The molecule has 1 atom stereocenters. The fourth-order valence-electron chi connectivity index (χ4n) is 3.00. The molecular formula is C21H23F3N2O3. The van der Waals surface area contributed by atoms with Crippen molar-refractivity contribution in [2.75, 3.05) is 36.5 Å². The van der Waals surface area contributed by atoms with E-state index in [1.165, 1.54) is 6.07 Å². The average molecular weight is 408 g/mol. The fourth-order valence-corrected chi connectivity index (χ4v) is 3.00. The van der Waals surface area contributed by atoms with E-state index in [4.69, 9.17) is 9.47 Å². The fraction of sp³-hybridized carbons (Fsp3) is 0.381. The van der Waals surface area contributed by atoms with E-state index < -0.39 is 23.8 Å².